The highest BCUT2D eigenvalue weighted by atomic mass is 16.6. The van der Waals surface area contributed by atoms with Crippen LogP contribution in [-0.4, -0.2) is 46.0 Å². The summed E-state index contributed by atoms with van der Waals surface area (Å²) in [5, 5.41) is 27.4. The average molecular weight is 163 g/mol. The highest BCUT2D eigenvalue weighted by molar-refractivity contribution is 4.88. The van der Waals surface area contributed by atoms with Gasteiger partial charge in [-0.05, 0) is 6.92 Å². The molecule has 0 aromatic carbocycles. The van der Waals surface area contributed by atoms with Crippen LogP contribution in [0.4, 0.5) is 0 Å². The molecule has 5 nitrogen and oxygen atoms in total. The maximum absolute atomic E-state index is 9.17. The first-order valence-corrected chi connectivity index (χ1v) is 3.49. The smallest absolute Gasteiger partial charge is 0.172 e. The largest absolute Gasteiger partial charge is 0.388 e. The van der Waals surface area contributed by atoms with E-state index in [4.69, 9.17) is 20.7 Å². The number of rotatable bonds is 0. The summed E-state index contributed by atoms with van der Waals surface area (Å²) < 4.78 is 4.80. The van der Waals surface area contributed by atoms with Crippen molar-refractivity contribution >= 4 is 0 Å². The molecule has 1 saturated heterocycles. The van der Waals surface area contributed by atoms with Gasteiger partial charge in [0.25, 0.3) is 0 Å². The van der Waals surface area contributed by atoms with Crippen molar-refractivity contribution in [2.45, 2.75) is 37.6 Å². The summed E-state index contributed by atoms with van der Waals surface area (Å²) in [6.45, 7) is 1.56. The third kappa shape index (κ3) is 1.52. The zero-order valence-electron chi connectivity index (χ0n) is 6.21. The molecule has 0 aliphatic carbocycles. The summed E-state index contributed by atoms with van der Waals surface area (Å²) in [4.78, 5) is 0. The fraction of sp³-hybridized carbons (Fsp3) is 1.00. The predicted octanol–water partition coefficient (Wildman–Crippen LogP) is -2.23. The van der Waals surface area contributed by atoms with Crippen LogP contribution in [0.25, 0.3) is 0 Å². The van der Waals surface area contributed by atoms with Crippen molar-refractivity contribution in [2.24, 2.45) is 5.73 Å². The molecule has 1 aliphatic heterocycles. The normalized spacial score (nSPS) is 52.6. The molecule has 5 N–H and O–H groups in total. The van der Waals surface area contributed by atoms with Gasteiger partial charge in [0, 0.05) is 0 Å². The van der Waals surface area contributed by atoms with Crippen molar-refractivity contribution in [3.8, 4) is 0 Å². The molecule has 5 heteroatoms. The number of aliphatic hydroxyl groups excluding tert-OH is 3. The zero-order valence-corrected chi connectivity index (χ0v) is 6.21. The number of nitrogens with two attached hydrogens (primary N) is 1. The van der Waals surface area contributed by atoms with Gasteiger partial charge in [-0.3, -0.25) is 0 Å². The second kappa shape index (κ2) is 3.04. The SMILES string of the molecule is C[C@H]1O[C@@H](O)[C@H](N)[C@@H](O)[C@@H]1O. The Bertz CT molecular complexity index is 129. The Labute approximate surface area is 64.4 Å². The Hall–Kier alpha value is -0.200. The van der Waals surface area contributed by atoms with E-state index in [0.717, 1.165) is 0 Å². The quantitative estimate of drug-likeness (QED) is 0.324. The van der Waals surface area contributed by atoms with Crippen molar-refractivity contribution in [3.05, 3.63) is 0 Å². The minimum absolute atomic E-state index is 0.584. The van der Waals surface area contributed by atoms with Gasteiger partial charge in [0.05, 0.1) is 12.1 Å². The standard InChI is InChI=1S/C6H13NO4/c1-2-4(8)5(9)3(7)6(10)11-2/h2-6,8-10H,7H2,1H3/t2-,3-,4-,5-,6-/m1/s1. The van der Waals surface area contributed by atoms with Crippen LogP contribution >= 0.6 is 0 Å². The topological polar surface area (TPSA) is 95.9 Å². The predicted molar refractivity (Wildman–Crippen MR) is 36.5 cm³/mol. The lowest BCUT2D eigenvalue weighted by Crippen LogP contribution is -2.60. The van der Waals surface area contributed by atoms with Crippen molar-refractivity contribution in [1.29, 1.82) is 0 Å². The first-order valence-electron chi connectivity index (χ1n) is 3.49. The van der Waals surface area contributed by atoms with Crippen LogP contribution in [0.1, 0.15) is 6.92 Å². The van der Waals surface area contributed by atoms with Crippen molar-refractivity contribution in [3.63, 3.8) is 0 Å². The molecule has 0 bridgehead atoms. The van der Waals surface area contributed by atoms with Crippen LogP contribution in [-0.2, 0) is 4.74 Å². The Morgan fingerprint density at radius 2 is 1.73 bits per heavy atom. The van der Waals surface area contributed by atoms with E-state index in [1.807, 2.05) is 0 Å². The Kier molecular flexibility index (Phi) is 2.46. The van der Waals surface area contributed by atoms with E-state index in [-0.39, 0.29) is 0 Å². The fourth-order valence-corrected chi connectivity index (χ4v) is 1.07. The van der Waals surface area contributed by atoms with Crippen LogP contribution in [0.2, 0.25) is 0 Å². The van der Waals surface area contributed by atoms with Gasteiger partial charge in [-0.1, -0.05) is 0 Å². The highest BCUT2D eigenvalue weighted by Crippen LogP contribution is 2.17. The first kappa shape index (κ1) is 8.89. The summed E-state index contributed by atoms with van der Waals surface area (Å²) >= 11 is 0. The zero-order chi connectivity index (χ0) is 8.59. The molecule has 0 saturated carbocycles. The van der Waals surface area contributed by atoms with E-state index >= 15 is 0 Å². The monoisotopic (exact) mass is 163 g/mol. The van der Waals surface area contributed by atoms with E-state index < -0.39 is 30.6 Å². The minimum atomic E-state index is -1.19. The van der Waals surface area contributed by atoms with Gasteiger partial charge < -0.3 is 25.8 Å². The second-order valence-electron chi connectivity index (χ2n) is 2.79. The lowest BCUT2D eigenvalue weighted by atomic mass is 9.99. The molecule has 0 unspecified atom stereocenters. The van der Waals surface area contributed by atoms with Crippen LogP contribution in [0.3, 0.4) is 0 Å². The molecule has 0 aromatic heterocycles. The summed E-state index contributed by atoms with van der Waals surface area (Å²) in [6, 6.07) is -0.929. The van der Waals surface area contributed by atoms with E-state index in [0.29, 0.717) is 0 Å². The van der Waals surface area contributed by atoms with Gasteiger partial charge in [-0.2, -0.15) is 0 Å². The van der Waals surface area contributed by atoms with Gasteiger partial charge in [-0.15, -0.1) is 0 Å². The van der Waals surface area contributed by atoms with Crippen LogP contribution in [0.15, 0.2) is 0 Å². The lowest BCUT2D eigenvalue weighted by Gasteiger charge is -2.37. The maximum Gasteiger partial charge on any atom is 0.172 e. The molecular formula is C6H13NO4. The fourth-order valence-electron chi connectivity index (χ4n) is 1.07. The third-order valence-corrected chi connectivity index (χ3v) is 1.91. The summed E-state index contributed by atoms with van der Waals surface area (Å²) in [5.41, 5.74) is 5.29. The molecule has 1 aliphatic rings. The molecule has 5 atom stereocenters. The van der Waals surface area contributed by atoms with E-state index in [1.165, 1.54) is 0 Å². The molecule has 1 fully saturated rings. The molecule has 0 aromatic rings. The molecule has 1 rings (SSSR count). The van der Waals surface area contributed by atoms with Crippen LogP contribution in [0, 0.1) is 0 Å². The number of hydrogen-bond acceptors (Lipinski definition) is 5. The Balaban J connectivity index is 2.63. The maximum atomic E-state index is 9.17. The van der Waals surface area contributed by atoms with Crippen molar-refractivity contribution in [1.82, 2.24) is 0 Å². The molecule has 66 valence electrons. The third-order valence-electron chi connectivity index (χ3n) is 1.91. The van der Waals surface area contributed by atoms with Crippen LogP contribution < -0.4 is 5.73 Å². The summed E-state index contributed by atoms with van der Waals surface area (Å²) in [5.74, 6) is 0. The Morgan fingerprint density at radius 3 is 2.27 bits per heavy atom. The molecule has 0 radical (unpaired) electrons. The number of aliphatic hydroxyl groups is 3. The average Bonchev–Trinajstić information content (AvgIpc) is 1.97. The van der Waals surface area contributed by atoms with Gasteiger partial charge in [0.1, 0.15) is 12.2 Å². The van der Waals surface area contributed by atoms with E-state index in [2.05, 4.69) is 0 Å². The second-order valence-corrected chi connectivity index (χ2v) is 2.79. The minimum Gasteiger partial charge on any atom is -0.388 e. The first-order chi connectivity index (χ1) is 5.04. The van der Waals surface area contributed by atoms with Gasteiger partial charge in [0.15, 0.2) is 6.29 Å². The van der Waals surface area contributed by atoms with Crippen LogP contribution in [0.5, 0.6) is 0 Å². The van der Waals surface area contributed by atoms with Gasteiger partial charge in [0.2, 0.25) is 0 Å². The molecule has 0 spiro atoms. The molecule has 0 amide bonds. The molecule has 11 heavy (non-hydrogen) atoms. The molecule has 1 heterocycles. The van der Waals surface area contributed by atoms with Crippen molar-refractivity contribution in [2.75, 3.05) is 0 Å². The van der Waals surface area contributed by atoms with Crippen molar-refractivity contribution < 1.29 is 20.1 Å². The lowest BCUT2D eigenvalue weighted by molar-refractivity contribution is -0.236. The van der Waals surface area contributed by atoms with E-state index in [1.54, 1.807) is 6.92 Å². The highest BCUT2D eigenvalue weighted by Gasteiger charge is 2.39. The van der Waals surface area contributed by atoms with Gasteiger partial charge in [-0.25, -0.2) is 0 Å². The number of hydrogen-bond donors (Lipinski definition) is 4. The molecular weight excluding hydrogens is 150 g/mol. The number of ether oxygens (including phenoxy) is 1. The Morgan fingerprint density at radius 1 is 1.18 bits per heavy atom. The van der Waals surface area contributed by atoms with Gasteiger partial charge >= 0.3 is 0 Å². The summed E-state index contributed by atoms with van der Waals surface area (Å²) in [6.07, 6.45) is -3.91. The van der Waals surface area contributed by atoms with E-state index in [9.17, 15) is 5.11 Å². The summed E-state index contributed by atoms with van der Waals surface area (Å²) in [7, 11) is 0.